The third-order valence-corrected chi connectivity index (χ3v) is 24.9. The van der Waals surface area contributed by atoms with Crippen molar-refractivity contribution in [1.82, 2.24) is 0 Å². The average molecular weight is 1410 g/mol. The number of allylic oxidation sites excluding steroid dienone is 2. The monoisotopic (exact) mass is 1410 g/mol. The summed E-state index contributed by atoms with van der Waals surface area (Å²) in [6, 6.07) is 0. The first-order valence-electron chi connectivity index (χ1n) is 35.1. The normalized spacial score (nSPS) is 52.6. The van der Waals surface area contributed by atoms with Gasteiger partial charge in [0.2, 0.25) is 0 Å². The van der Waals surface area contributed by atoms with Gasteiger partial charge in [-0.1, -0.05) is 59.6 Å². The lowest BCUT2D eigenvalue weighted by molar-refractivity contribution is -0.397. The highest BCUT2D eigenvalue weighted by Gasteiger charge is 2.76. The first-order chi connectivity index (χ1) is 46.3. The second kappa shape index (κ2) is 30.1. The van der Waals surface area contributed by atoms with Crippen LogP contribution in [0.1, 0.15) is 120 Å². The molecule has 0 amide bonds. The molecule has 0 bridgehead atoms. The highest BCUT2D eigenvalue weighted by molar-refractivity contribution is 5.83. The molecule has 564 valence electrons. The van der Waals surface area contributed by atoms with Crippen molar-refractivity contribution in [2.45, 2.75) is 309 Å². The fraction of sp³-hybridized carbons (Fsp3) is 0.955. The number of carbonyl (C=O) groups is 1. The van der Waals surface area contributed by atoms with Crippen molar-refractivity contribution in [3.8, 4) is 0 Å². The number of carbonyl (C=O) groups excluding carboxylic acids is 1. The zero-order chi connectivity index (χ0) is 71.2. The Morgan fingerprint density at radius 2 is 0.990 bits per heavy atom. The molecule has 15 N–H and O–H groups in total. The minimum absolute atomic E-state index is 0.0330. The zero-order valence-corrected chi connectivity index (χ0v) is 57.6. The van der Waals surface area contributed by atoms with Gasteiger partial charge in [-0.05, 0) is 106 Å². The van der Waals surface area contributed by atoms with Crippen molar-refractivity contribution in [3.63, 3.8) is 0 Å². The van der Waals surface area contributed by atoms with E-state index < -0.39 is 234 Å². The van der Waals surface area contributed by atoms with Gasteiger partial charge in [0.05, 0.1) is 50.7 Å². The molecule has 11 aliphatic rings. The fourth-order valence-electron chi connectivity index (χ4n) is 19.4. The minimum atomic E-state index is -2.06. The third kappa shape index (κ3) is 13.3. The van der Waals surface area contributed by atoms with Gasteiger partial charge in [-0.2, -0.15) is 0 Å². The number of hydrogen-bond donors (Lipinski definition) is 15. The molecule has 10 fully saturated rings. The molecule has 31 heteroatoms. The van der Waals surface area contributed by atoms with Crippen molar-refractivity contribution in [2.75, 3.05) is 47.3 Å². The summed E-state index contributed by atoms with van der Waals surface area (Å²) < 4.78 is 90.5. The van der Waals surface area contributed by atoms with E-state index in [9.17, 15) is 81.4 Å². The summed E-state index contributed by atoms with van der Waals surface area (Å²) in [6.07, 6.45) is -38.8. The number of hydrogen-bond acceptors (Lipinski definition) is 31. The number of fused-ring (bicyclic) bond motifs is 4. The Bertz CT molecular complexity index is 2700. The zero-order valence-electron chi connectivity index (χ0n) is 57.6. The Morgan fingerprint density at radius 1 is 0.510 bits per heavy atom. The summed E-state index contributed by atoms with van der Waals surface area (Å²) in [5.41, 5.74) is -1.05. The molecule has 0 radical (unpaired) electrons. The molecule has 7 saturated heterocycles. The molecule has 1 spiro atoms. The van der Waals surface area contributed by atoms with Crippen molar-refractivity contribution >= 4 is 5.97 Å². The molecule has 0 aromatic carbocycles. The Morgan fingerprint density at radius 3 is 1.50 bits per heavy atom. The van der Waals surface area contributed by atoms with Gasteiger partial charge in [0.25, 0.3) is 0 Å². The highest BCUT2D eigenvalue weighted by Crippen LogP contribution is 2.76. The highest BCUT2D eigenvalue weighted by atomic mass is 16.8. The minimum Gasteiger partial charge on any atom is -0.459 e. The van der Waals surface area contributed by atoms with Crippen LogP contribution in [0.3, 0.4) is 0 Å². The van der Waals surface area contributed by atoms with Gasteiger partial charge in [-0.25, -0.2) is 0 Å². The van der Waals surface area contributed by atoms with Gasteiger partial charge < -0.3 is 148 Å². The maximum atomic E-state index is 14.6. The predicted octanol–water partition coefficient (Wildman–Crippen LogP) is -3.01. The summed E-state index contributed by atoms with van der Waals surface area (Å²) in [5, 5.41) is 167. The first kappa shape index (κ1) is 77.2. The number of esters is 1. The molecular weight excluding hydrogens is 1300 g/mol. The molecule has 0 aromatic heterocycles. The van der Waals surface area contributed by atoms with E-state index in [0.29, 0.717) is 25.2 Å². The molecule has 98 heavy (non-hydrogen) atoms. The van der Waals surface area contributed by atoms with Gasteiger partial charge in [0.1, 0.15) is 140 Å². The molecule has 11 rings (SSSR count). The van der Waals surface area contributed by atoms with Gasteiger partial charge in [-0.3, -0.25) is 4.79 Å². The van der Waals surface area contributed by atoms with Crippen LogP contribution in [-0.4, -0.2) is 320 Å². The van der Waals surface area contributed by atoms with Crippen molar-refractivity contribution in [3.05, 3.63) is 11.6 Å². The van der Waals surface area contributed by atoms with Crippen LogP contribution in [0.15, 0.2) is 11.6 Å². The maximum Gasteiger partial charge on any atom is 0.313 e. The number of methoxy groups -OCH3 is 2. The average Bonchev–Trinajstić information content (AvgIpc) is 1.46. The number of aliphatic hydroxyl groups excluding tert-OH is 15. The second-order valence-electron chi connectivity index (χ2n) is 31.1. The predicted molar refractivity (Wildman–Crippen MR) is 330 cm³/mol. The molecular formula is C67H110O31. The maximum absolute atomic E-state index is 14.6. The van der Waals surface area contributed by atoms with Crippen LogP contribution in [0.2, 0.25) is 0 Å². The lowest BCUT2D eigenvalue weighted by Crippen LogP contribution is -2.67. The lowest BCUT2D eigenvalue weighted by Gasteiger charge is -2.63. The Kier molecular flexibility index (Phi) is 23.7. The van der Waals surface area contributed by atoms with Crippen LogP contribution >= 0.6 is 0 Å². The van der Waals surface area contributed by atoms with Crippen molar-refractivity contribution < 1.29 is 152 Å². The molecule has 31 nitrogen and oxygen atoms in total. The van der Waals surface area contributed by atoms with Crippen LogP contribution in [0.4, 0.5) is 0 Å². The number of rotatable bonds is 22. The van der Waals surface area contributed by atoms with Gasteiger partial charge in [0.15, 0.2) is 37.7 Å². The Labute approximate surface area is 570 Å². The van der Waals surface area contributed by atoms with E-state index >= 15 is 0 Å². The van der Waals surface area contributed by atoms with Gasteiger partial charge >= 0.3 is 5.97 Å². The van der Waals surface area contributed by atoms with Crippen LogP contribution in [0.5, 0.6) is 0 Å². The summed E-state index contributed by atoms with van der Waals surface area (Å²) in [4.78, 5) is 14.6. The number of aliphatic hydroxyl groups is 15. The Hall–Kier alpha value is -1.95. The van der Waals surface area contributed by atoms with E-state index in [2.05, 4.69) is 54.5 Å². The standard InChI is InChI=1S/C67H110O31/c1-27(2)12-11-18-66(8)37-16-20-65(7)30-13-14-36-63(4,5)38(17-19-64(36,6)29(30)15-21-67(37,65)62(83)98-66)93-61-55(43(76)35(26-86-61)92-57-48(81)53(41(74)33(24-70)88-57)95-58-46(79)51(84-9)39(72)31(22-68)89-58)97-56-45(78)44(77)50(28(3)87-56)94-60-49(82)54(42(75)34(25-71)91-60)96-59-47(80)52(85-10)40(73)32(23-69)90-59/h15,27-28,30-61,68-82H,11-14,16-26H2,1-10H3. The molecule has 4 aliphatic carbocycles. The quantitative estimate of drug-likeness (QED) is 0.0292. The summed E-state index contributed by atoms with van der Waals surface area (Å²) >= 11 is 0. The fourth-order valence-corrected chi connectivity index (χ4v) is 19.4. The second-order valence-corrected chi connectivity index (χ2v) is 31.1. The molecule has 37 atom stereocenters. The van der Waals surface area contributed by atoms with Crippen LogP contribution < -0.4 is 0 Å². The molecule has 37 unspecified atom stereocenters. The van der Waals surface area contributed by atoms with Gasteiger partial charge in [0, 0.05) is 20.1 Å². The van der Waals surface area contributed by atoms with Crippen LogP contribution in [-0.2, 0) is 75.8 Å². The topological polar surface area (TPSA) is 459 Å². The van der Waals surface area contributed by atoms with Crippen LogP contribution in [0.25, 0.3) is 0 Å². The molecule has 0 aromatic rings. The van der Waals surface area contributed by atoms with Crippen LogP contribution in [0, 0.1) is 45.3 Å². The number of ether oxygens (including phenoxy) is 15. The van der Waals surface area contributed by atoms with E-state index in [4.69, 9.17) is 71.1 Å². The first-order valence-corrected chi connectivity index (χ1v) is 35.1. The van der Waals surface area contributed by atoms with E-state index in [0.717, 1.165) is 44.9 Å². The summed E-state index contributed by atoms with van der Waals surface area (Å²) in [5.74, 6) is 0.751. The molecule has 7 heterocycles. The summed E-state index contributed by atoms with van der Waals surface area (Å²) in [6.45, 7) is 13.2. The number of cyclic esters (lactones) is 1. The van der Waals surface area contributed by atoms with Crippen molar-refractivity contribution in [1.29, 1.82) is 0 Å². The third-order valence-electron chi connectivity index (χ3n) is 24.9. The van der Waals surface area contributed by atoms with Crippen molar-refractivity contribution in [2.24, 2.45) is 45.3 Å². The summed E-state index contributed by atoms with van der Waals surface area (Å²) in [7, 11) is 2.38. The molecule has 7 aliphatic heterocycles. The van der Waals surface area contributed by atoms with E-state index in [1.165, 1.54) is 26.7 Å². The van der Waals surface area contributed by atoms with E-state index in [1.54, 1.807) is 0 Å². The Balaban J connectivity index is 0.832. The lowest BCUT2D eigenvalue weighted by atomic mass is 9.41. The SMILES string of the molecule is COC1C(O)C(CO)OC(OC2C(O)C(CO)OC(OC3COC(OC4CCC5(C)C6=CCC78C(=O)OC(C)(CCCC(C)C)C7CCC8(C)C6CCC5C4(C)C)C(OC4OC(C)C(OC5OC(CO)C(O)C(OC6OC(CO)C(O)C(OC)C6O)C5O)C(O)C4O)C3O)C2O)C1O. The molecule has 3 saturated carbocycles. The van der Waals surface area contributed by atoms with E-state index in [1.807, 2.05) is 0 Å². The largest absolute Gasteiger partial charge is 0.459 e. The smallest absolute Gasteiger partial charge is 0.313 e. The van der Waals surface area contributed by atoms with Gasteiger partial charge in [-0.15, -0.1) is 0 Å². The van der Waals surface area contributed by atoms with E-state index in [-0.39, 0.29) is 34.6 Å².